The first kappa shape index (κ1) is 59.7. The molecule has 0 atom stereocenters. The maximum Gasteiger partial charge on any atom is 0.408 e. The van der Waals surface area contributed by atoms with Crippen molar-refractivity contribution >= 4 is 36.6 Å². The van der Waals surface area contributed by atoms with Crippen LogP contribution in [0.25, 0.3) is 0 Å². The topological polar surface area (TPSA) is 231 Å². The van der Waals surface area contributed by atoms with Crippen molar-refractivity contribution in [2.24, 2.45) is 5.73 Å². The number of primary amides is 1. The number of rotatable bonds is 18. The van der Waals surface area contributed by atoms with Crippen LogP contribution < -0.4 is 21.7 Å². The van der Waals surface area contributed by atoms with E-state index in [1.54, 1.807) is 27.7 Å². The first-order valence-electron chi connectivity index (χ1n) is 18.9. The molecule has 0 spiro atoms. The molecule has 16 heteroatoms. The largest absolute Gasteiger partial charge is 0.469 e. The number of unbranched alkanes of at least 4 members (excludes halogenated alkanes) is 4. The second-order valence-electron chi connectivity index (χ2n) is 11.3. The van der Waals surface area contributed by atoms with Crippen LogP contribution in [-0.2, 0) is 44.5 Å². The van der Waals surface area contributed by atoms with Crippen molar-refractivity contribution in [2.45, 2.75) is 132 Å². The van der Waals surface area contributed by atoms with E-state index in [4.69, 9.17) is 24.1 Å². The minimum atomic E-state index is -0.873. The molecule has 0 unspecified atom stereocenters. The summed E-state index contributed by atoms with van der Waals surface area (Å²) in [6.45, 7) is 22.3. The number of amides is 4. The lowest BCUT2D eigenvalue weighted by atomic mass is 9.92. The third-order valence-corrected chi connectivity index (χ3v) is 6.48. The molecule has 0 bridgehead atoms. The molecule has 0 aliphatic heterocycles. The van der Waals surface area contributed by atoms with E-state index in [1.807, 2.05) is 65.8 Å². The molecule has 4 amide bonds. The van der Waals surface area contributed by atoms with E-state index in [0.29, 0.717) is 45.7 Å². The summed E-state index contributed by atoms with van der Waals surface area (Å²) in [7, 11) is 2.37. The number of nitrogens with two attached hydrogens (primary N) is 1. The molecule has 0 radical (unpaired) electrons. The molecule has 1 rings (SSSR count). The van der Waals surface area contributed by atoms with Crippen LogP contribution in [0.2, 0.25) is 0 Å². The van der Waals surface area contributed by atoms with Gasteiger partial charge in [0.1, 0.15) is 17.5 Å². The van der Waals surface area contributed by atoms with Gasteiger partial charge in [-0.2, -0.15) is 0 Å². The summed E-state index contributed by atoms with van der Waals surface area (Å²) >= 11 is 0. The Hall–Kier alpha value is -4.60. The highest BCUT2D eigenvalue weighted by Gasteiger charge is 2.29. The van der Waals surface area contributed by atoms with Crippen LogP contribution in [0.3, 0.4) is 0 Å². The highest BCUT2D eigenvalue weighted by Crippen LogP contribution is 2.29. The van der Waals surface area contributed by atoms with E-state index in [0.717, 1.165) is 56.6 Å². The Morgan fingerprint density at radius 3 is 1.29 bits per heavy atom. The summed E-state index contributed by atoms with van der Waals surface area (Å²) in [6, 6.07) is 7.40. The number of carbonyl (C=O) groups is 6. The molecule has 0 aliphatic rings. The second-order valence-corrected chi connectivity index (χ2v) is 11.3. The number of benzene rings is 1. The number of nitrogens with one attached hydrogen (secondary N) is 3. The summed E-state index contributed by atoms with van der Waals surface area (Å²) in [6.07, 6.45) is 3.59. The summed E-state index contributed by atoms with van der Waals surface area (Å²) < 4.78 is 24.9. The zero-order valence-electron chi connectivity index (χ0n) is 35.9. The van der Waals surface area contributed by atoms with Crippen molar-refractivity contribution in [3.8, 4) is 0 Å². The third-order valence-electron chi connectivity index (χ3n) is 6.48. The number of hydrogen-bond donors (Lipinski definition) is 5. The Balaban J connectivity index is -0.000000163. The minimum absolute atomic E-state index is 0. The fourth-order valence-corrected chi connectivity index (χ4v) is 3.92. The highest BCUT2D eigenvalue weighted by molar-refractivity contribution is 5.69. The van der Waals surface area contributed by atoms with Gasteiger partial charge in [0.25, 0.3) is 0 Å². The van der Waals surface area contributed by atoms with Gasteiger partial charge in [-0.05, 0) is 91.7 Å². The fourth-order valence-electron chi connectivity index (χ4n) is 3.92. The molecule has 0 aliphatic carbocycles. The monoisotopic (exact) mass is 799 g/mol. The van der Waals surface area contributed by atoms with E-state index in [-0.39, 0.29) is 11.7 Å². The van der Waals surface area contributed by atoms with Crippen LogP contribution in [-0.4, -0.2) is 88.8 Å². The molecule has 0 fully saturated rings. The molecule has 330 valence electrons. The summed E-state index contributed by atoms with van der Waals surface area (Å²) in [5, 5.41) is 15.2. The minimum Gasteiger partial charge on any atom is -0.469 e. The molecule has 16 nitrogen and oxygen atoms in total. The Morgan fingerprint density at radius 2 is 1.00 bits per heavy atom. The number of ether oxygens (including phenoxy) is 5. The first-order chi connectivity index (χ1) is 26.1. The van der Waals surface area contributed by atoms with Crippen molar-refractivity contribution < 1.29 is 63.3 Å². The number of alkyl carbamates (subject to hydrolysis) is 3. The molecule has 0 aromatic heterocycles. The van der Waals surface area contributed by atoms with Crippen LogP contribution in [0, 0.1) is 0 Å². The summed E-state index contributed by atoms with van der Waals surface area (Å²) in [4.78, 5) is 65.4. The smallest absolute Gasteiger partial charge is 0.408 e. The van der Waals surface area contributed by atoms with Crippen LogP contribution in [0.5, 0.6) is 0 Å². The maximum atomic E-state index is 12.3. The number of esters is 1. The normalized spacial score (nSPS) is 9.56. The lowest BCUT2D eigenvalue weighted by Crippen LogP contribution is -2.34. The zero-order chi connectivity index (χ0) is 43.7. The van der Waals surface area contributed by atoms with Gasteiger partial charge in [-0.25, -0.2) is 19.2 Å². The van der Waals surface area contributed by atoms with Gasteiger partial charge in [-0.3, -0.25) is 4.79 Å². The predicted molar refractivity (Wildman–Crippen MR) is 223 cm³/mol. The Bertz CT molecular complexity index is 1140. The van der Waals surface area contributed by atoms with Crippen LogP contribution in [0.15, 0.2) is 24.3 Å². The van der Waals surface area contributed by atoms with E-state index < -0.39 is 35.6 Å². The lowest BCUT2D eigenvalue weighted by molar-refractivity contribution is -0.140. The quantitative estimate of drug-likeness (QED) is 0.0409. The number of aldehydes is 1. The molecular formula is C39H82N4O12. The average molecular weight is 799 g/mol. The molecule has 0 heterocycles. The van der Waals surface area contributed by atoms with Crippen LogP contribution >= 0.6 is 0 Å². The van der Waals surface area contributed by atoms with Gasteiger partial charge >= 0.3 is 30.3 Å². The van der Waals surface area contributed by atoms with Gasteiger partial charge in [0.15, 0.2) is 0 Å². The second kappa shape index (κ2) is 40.6. The van der Waals surface area contributed by atoms with Gasteiger partial charge in [-0.1, -0.05) is 58.4 Å². The number of methoxy groups -OCH3 is 1. The number of aliphatic hydroxyl groups excluding tert-OH is 1. The lowest BCUT2D eigenvalue weighted by Gasteiger charge is -2.28. The molecule has 55 heavy (non-hydrogen) atoms. The fraction of sp³-hybridized carbons (Fsp3) is 0.692. The Kier molecular flexibility index (Phi) is 44.0. The molecule has 1 aromatic rings. The van der Waals surface area contributed by atoms with E-state index >= 15 is 0 Å². The number of aliphatic hydroxyl groups is 1. The van der Waals surface area contributed by atoms with Crippen LogP contribution in [0.4, 0.5) is 19.2 Å². The maximum absolute atomic E-state index is 12.3. The summed E-state index contributed by atoms with van der Waals surface area (Å²) in [5.41, 5.74) is 4.38. The Morgan fingerprint density at radius 1 is 0.673 bits per heavy atom. The van der Waals surface area contributed by atoms with E-state index in [9.17, 15) is 24.0 Å². The van der Waals surface area contributed by atoms with Crippen LogP contribution in [0.1, 0.15) is 138 Å². The van der Waals surface area contributed by atoms with Crippen molar-refractivity contribution in [3.63, 3.8) is 0 Å². The molecule has 1 aromatic carbocycles. The van der Waals surface area contributed by atoms with Gasteiger partial charge in [0.2, 0.25) is 0 Å². The van der Waals surface area contributed by atoms with Gasteiger partial charge in [-0.15, -0.1) is 0 Å². The molecular weight excluding hydrogens is 716 g/mol. The SMILES string of the molecule is CC.CC.CC=O.CCOC(=O)NCCCCCNC(=O)OC(C)(C)c1ccc(C(C)(C)OC(=O)NCCCCCC(=O)OC)cc1.CCOC(N)=O.CO.[HH].[HH].[HH].[HH]. The third kappa shape index (κ3) is 37.5. The average Bonchev–Trinajstić information content (AvgIpc) is 3.15. The van der Waals surface area contributed by atoms with Crippen molar-refractivity contribution in [1.82, 2.24) is 16.0 Å². The molecule has 6 N–H and O–H groups in total. The highest BCUT2D eigenvalue weighted by atomic mass is 16.6. The van der Waals surface area contributed by atoms with Crippen molar-refractivity contribution in [2.75, 3.05) is 47.1 Å². The number of hydrogen-bond acceptors (Lipinski definition) is 12. The standard InChI is InChI=1S/C29H47N3O8.C3H7NO2.C2H4O.2C2H6.CH4O.4H2/c1-7-38-25(34)30-19-12-9-13-21-32-27(36)40-29(4,5)23-17-15-22(16-18-23)28(2,3)39-26(35)31-20-11-8-10-14-24(33)37-6;1-2-6-3(4)5;1-2-3;3*1-2;;;;/h15-18H,7-14,19-21H2,1-6H3,(H,30,34)(H,31,35)(H,32,36);2H2,1H3,(H2,4,5);2H,1H3;2*1-2H3;2H,1H3;4*1H. The van der Waals surface area contributed by atoms with E-state index in [2.05, 4.69) is 31.2 Å². The molecule has 0 saturated carbocycles. The number of carbonyl (C=O) groups excluding carboxylic acids is 6. The first-order valence-corrected chi connectivity index (χ1v) is 18.9. The molecule has 0 saturated heterocycles. The van der Waals surface area contributed by atoms with Gasteiger partial charge < -0.3 is 55.3 Å². The predicted octanol–water partition coefficient (Wildman–Crippen LogP) is 8.21. The van der Waals surface area contributed by atoms with Crippen molar-refractivity contribution in [3.05, 3.63) is 35.4 Å². The zero-order valence-corrected chi connectivity index (χ0v) is 35.9. The van der Waals surface area contributed by atoms with Gasteiger partial charge in [0.05, 0.1) is 20.3 Å². The Labute approximate surface area is 336 Å². The summed E-state index contributed by atoms with van der Waals surface area (Å²) in [5.74, 6) is -0.233. The van der Waals surface area contributed by atoms with E-state index in [1.165, 1.54) is 14.0 Å². The van der Waals surface area contributed by atoms with Gasteiger partial charge in [0, 0.05) is 38.9 Å². The van der Waals surface area contributed by atoms with Crippen molar-refractivity contribution in [1.29, 1.82) is 0 Å².